The molecule has 0 radical (unpaired) electrons. The summed E-state index contributed by atoms with van der Waals surface area (Å²) < 4.78 is 5.67. The van der Waals surface area contributed by atoms with Crippen LogP contribution in [0.2, 0.25) is 0 Å². The number of aryl methyl sites for hydroxylation is 1. The molecule has 0 amide bonds. The average molecular weight is 215 g/mol. The van der Waals surface area contributed by atoms with E-state index in [1.165, 1.54) is 23.8 Å². The lowest BCUT2D eigenvalue weighted by molar-refractivity contribution is 0.558. The van der Waals surface area contributed by atoms with Crippen molar-refractivity contribution in [3.05, 3.63) is 35.6 Å². The first kappa shape index (κ1) is 9.91. The zero-order valence-corrected chi connectivity index (χ0v) is 9.79. The fourth-order valence-electron chi connectivity index (χ4n) is 2.73. The van der Waals surface area contributed by atoms with Gasteiger partial charge in [-0.3, -0.25) is 0 Å². The number of hydrogen-bond donors (Lipinski definition) is 1. The third-order valence-electron chi connectivity index (χ3n) is 3.88. The molecule has 0 spiro atoms. The van der Waals surface area contributed by atoms with Gasteiger partial charge in [0.05, 0.1) is 0 Å². The molecule has 1 aromatic carbocycles. The number of furan rings is 1. The van der Waals surface area contributed by atoms with Crippen LogP contribution in [0.3, 0.4) is 0 Å². The zero-order valence-electron chi connectivity index (χ0n) is 9.79. The van der Waals surface area contributed by atoms with E-state index in [0.717, 1.165) is 11.3 Å². The SMILES string of the molecule is Cc1cc2c(C3(C(C)N)CC3)cccc2o1. The molecule has 2 heteroatoms. The maximum atomic E-state index is 6.13. The quantitative estimate of drug-likeness (QED) is 0.836. The molecule has 16 heavy (non-hydrogen) atoms. The van der Waals surface area contributed by atoms with Crippen LogP contribution in [0.4, 0.5) is 0 Å². The Morgan fingerprint density at radius 2 is 2.12 bits per heavy atom. The first-order valence-electron chi connectivity index (χ1n) is 5.89. The van der Waals surface area contributed by atoms with Crippen molar-refractivity contribution in [2.24, 2.45) is 5.73 Å². The van der Waals surface area contributed by atoms with Crippen molar-refractivity contribution in [1.29, 1.82) is 0 Å². The fraction of sp³-hybridized carbons (Fsp3) is 0.429. The largest absolute Gasteiger partial charge is 0.461 e. The van der Waals surface area contributed by atoms with E-state index in [2.05, 4.69) is 25.1 Å². The highest BCUT2D eigenvalue weighted by Gasteiger charge is 2.48. The summed E-state index contributed by atoms with van der Waals surface area (Å²) in [5.41, 5.74) is 8.70. The standard InChI is InChI=1S/C14H17NO/c1-9-8-11-12(4-3-5-13(11)16-9)14(6-7-14)10(2)15/h3-5,8,10H,6-7,15H2,1-2H3. The molecule has 1 saturated carbocycles. The summed E-state index contributed by atoms with van der Waals surface area (Å²) in [6, 6.07) is 8.65. The van der Waals surface area contributed by atoms with Crippen LogP contribution >= 0.6 is 0 Å². The zero-order chi connectivity index (χ0) is 11.3. The van der Waals surface area contributed by atoms with Crippen molar-refractivity contribution in [2.45, 2.75) is 38.1 Å². The fourth-order valence-corrected chi connectivity index (χ4v) is 2.73. The number of fused-ring (bicyclic) bond motifs is 1. The summed E-state index contributed by atoms with van der Waals surface area (Å²) in [5, 5.41) is 1.25. The smallest absolute Gasteiger partial charge is 0.134 e. The van der Waals surface area contributed by atoms with Crippen LogP contribution in [0.25, 0.3) is 11.0 Å². The molecule has 1 aliphatic carbocycles. The molecule has 2 aromatic rings. The van der Waals surface area contributed by atoms with E-state index in [-0.39, 0.29) is 11.5 Å². The van der Waals surface area contributed by atoms with Crippen molar-refractivity contribution in [3.8, 4) is 0 Å². The van der Waals surface area contributed by atoms with Crippen molar-refractivity contribution in [2.75, 3.05) is 0 Å². The second-order valence-electron chi connectivity index (χ2n) is 5.02. The Hall–Kier alpha value is -1.28. The number of rotatable bonds is 2. The van der Waals surface area contributed by atoms with Gasteiger partial charge in [0.1, 0.15) is 11.3 Å². The van der Waals surface area contributed by atoms with Gasteiger partial charge in [-0.2, -0.15) is 0 Å². The molecule has 2 nitrogen and oxygen atoms in total. The third kappa shape index (κ3) is 1.23. The summed E-state index contributed by atoms with van der Waals surface area (Å²) in [6.07, 6.45) is 2.40. The molecule has 2 N–H and O–H groups in total. The topological polar surface area (TPSA) is 39.2 Å². The average Bonchev–Trinajstić information content (AvgIpc) is 2.94. The first-order chi connectivity index (χ1) is 7.63. The summed E-state index contributed by atoms with van der Waals surface area (Å²) in [7, 11) is 0. The van der Waals surface area contributed by atoms with Gasteiger partial charge in [0, 0.05) is 16.8 Å². The van der Waals surface area contributed by atoms with Gasteiger partial charge >= 0.3 is 0 Å². The van der Waals surface area contributed by atoms with Crippen LogP contribution in [0.5, 0.6) is 0 Å². The maximum Gasteiger partial charge on any atom is 0.134 e. The van der Waals surface area contributed by atoms with E-state index >= 15 is 0 Å². The molecule has 1 atom stereocenters. The molecule has 1 heterocycles. The molecule has 3 rings (SSSR count). The molecular formula is C14H17NO. The Labute approximate surface area is 95.4 Å². The molecule has 0 saturated heterocycles. The Bertz CT molecular complexity index is 535. The summed E-state index contributed by atoms with van der Waals surface area (Å²) >= 11 is 0. The Balaban J connectivity index is 2.24. The van der Waals surface area contributed by atoms with Crippen LogP contribution in [0.1, 0.15) is 31.1 Å². The van der Waals surface area contributed by atoms with Crippen LogP contribution in [0, 0.1) is 6.92 Å². The molecule has 0 aliphatic heterocycles. The molecule has 1 fully saturated rings. The normalized spacial score (nSPS) is 19.9. The van der Waals surface area contributed by atoms with Gasteiger partial charge in [-0.15, -0.1) is 0 Å². The second kappa shape index (κ2) is 3.11. The van der Waals surface area contributed by atoms with Crippen molar-refractivity contribution in [1.82, 2.24) is 0 Å². The van der Waals surface area contributed by atoms with Crippen LogP contribution in [0.15, 0.2) is 28.7 Å². The number of nitrogens with two attached hydrogens (primary N) is 1. The van der Waals surface area contributed by atoms with Crippen molar-refractivity contribution < 1.29 is 4.42 Å². The Morgan fingerprint density at radius 1 is 1.38 bits per heavy atom. The Kier molecular flexibility index (Phi) is 1.93. The van der Waals surface area contributed by atoms with E-state index in [4.69, 9.17) is 10.2 Å². The molecule has 1 aliphatic rings. The lowest BCUT2D eigenvalue weighted by atomic mass is 9.87. The summed E-state index contributed by atoms with van der Waals surface area (Å²) in [4.78, 5) is 0. The minimum atomic E-state index is 0.204. The summed E-state index contributed by atoms with van der Waals surface area (Å²) in [6.45, 7) is 4.11. The van der Waals surface area contributed by atoms with Gasteiger partial charge in [0.25, 0.3) is 0 Å². The second-order valence-corrected chi connectivity index (χ2v) is 5.02. The predicted molar refractivity (Wildman–Crippen MR) is 65.5 cm³/mol. The highest BCUT2D eigenvalue weighted by atomic mass is 16.3. The maximum absolute atomic E-state index is 6.13. The van der Waals surface area contributed by atoms with Crippen LogP contribution < -0.4 is 5.73 Å². The minimum absolute atomic E-state index is 0.204. The number of hydrogen-bond acceptors (Lipinski definition) is 2. The molecular weight excluding hydrogens is 198 g/mol. The Morgan fingerprint density at radius 3 is 2.75 bits per heavy atom. The van der Waals surface area contributed by atoms with Gasteiger partial charge in [-0.1, -0.05) is 12.1 Å². The predicted octanol–water partition coefficient (Wildman–Crippen LogP) is 3.12. The van der Waals surface area contributed by atoms with Gasteiger partial charge in [0.2, 0.25) is 0 Å². The lowest BCUT2D eigenvalue weighted by Crippen LogP contribution is -2.31. The molecule has 1 aromatic heterocycles. The van der Waals surface area contributed by atoms with Gasteiger partial charge in [0.15, 0.2) is 0 Å². The monoisotopic (exact) mass is 215 g/mol. The van der Waals surface area contributed by atoms with E-state index in [0.29, 0.717) is 0 Å². The van der Waals surface area contributed by atoms with E-state index in [9.17, 15) is 0 Å². The van der Waals surface area contributed by atoms with Gasteiger partial charge < -0.3 is 10.2 Å². The van der Waals surface area contributed by atoms with Crippen LogP contribution in [-0.2, 0) is 5.41 Å². The lowest BCUT2D eigenvalue weighted by Gasteiger charge is -2.20. The van der Waals surface area contributed by atoms with Crippen molar-refractivity contribution in [3.63, 3.8) is 0 Å². The van der Waals surface area contributed by atoms with E-state index < -0.39 is 0 Å². The third-order valence-corrected chi connectivity index (χ3v) is 3.88. The first-order valence-corrected chi connectivity index (χ1v) is 5.89. The number of benzene rings is 1. The summed E-state index contributed by atoms with van der Waals surface area (Å²) in [5.74, 6) is 0.975. The highest BCUT2D eigenvalue weighted by molar-refractivity contribution is 5.83. The molecule has 84 valence electrons. The molecule has 1 unspecified atom stereocenters. The van der Waals surface area contributed by atoms with Crippen molar-refractivity contribution >= 4 is 11.0 Å². The van der Waals surface area contributed by atoms with E-state index in [1.54, 1.807) is 0 Å². The van der Waals surface area contributed by atoms with Gasteiger partial charge in [-0.05, 0) is 44.4 Å². The highest BCUT2D eigenvalue weighted by Crippen LogP contribution is 2.52. The van der Waals surface area contributed by atoms with Crippen LogP contribution in [-0.4, -0.2) is 6.04 Å². The van der Waals surface area contributed by atoms with Gasteiger partial charge in [-0.25, -0.2) is 0 Å². The van der Waals surface area contributed by atoms with E-state index in [1.807, 2.05) is 13.0 Å². The minimum Gasteiger partial charge on any atom is -0.461 e. The molecule has 0 bridgehead atoms.